The Balaban J connectivity index is 1.24. The molecule has 2 aromatic carbocycles. The van der Waals surface area contributed by atoms with Crippen LogP contribution in [0.3, 0.4) is 0 Å². The Morgan fingerprint density at radius 2 is 1.76 bits per heavy atom. The third kappa shape index (κ3) is 5.51. The van der Waals surface area contributed by atoms with E-state index in [0.29, 0.717) is 22.2 Å². The molecule has 1 spiro atoms. The topological polar surface area (TPSA) is 91.3 Å². The van der Waals surface area contributed by atoms with E-state index in [9.17, 15) is 0 Å². The van der Waals surface area contributed by atoms with Crippen molar-refractivity contribution in [3.8, 4) is 5.75 Å². The van der Waals surface area contributed by atoms with E-state index in [0.717, 1.165) is 46.6 Å². The summed E-state index contributed by atoms with van der Waals surface area (Å²) in [5, 5.41) is 8.35. The SMILES string of the molecule is COc1cc(N2CCC3(CC2)CN(C)C3)c(C)cc1Nc1ncc(Cl)c(Nc2ccc3nccnc3c2P(C)C)n1. The number of methoxy groups -OCH3 is 1. The Labute approximate surface area is 247 Å². The van der Waals surface area contributed by atoms with Crippen LogP contribution in [-0.4, -0.2) is 78.5 Å². The lowest BCUT2D eigenvalue weighted by atomic mass is 9.72. The molecule has 2 aromatic heterocycles. The fourth-order valence-electron chi connectivity index (χ4n) is 6.26. The van der Waals surface area contributed by atoms with Crippen molar-refractivity contribution in [3.05, 3.63) is 53.4 Å². The summed E-state index contributed by atoms with van der Waals surface area (Å²) < 4.78 is 5.82. The van der Waals surface area contributed by atoms with E-state index in [1.807, 2.05) is 12.1 Å². The van der Waals surface area contributed by atoms with Gasteiger partial charge in [0.15, 0.2) is 5.82 Å². The van der Waals surface area contributed by atoms with Crippen molar-refractivity contribution < 1.29 is 4.74 Å². The monoisotopic (exact) mass is 590 g/mol. The molecule has 2 aliphatic heterocycles. The lowest BCUT2D eigenvalue weighted by molar-refractivity contribution is 0.00130. The molecule has 2 fully saturated rings. The molecule has 0 aliphatic carbocycles. The van der Waals surface area contributed by atoms with Gasteiger partial charge in [-0.1, -0.05) is 19.5 Å². The highest BCUT2D eigenvalue weighted by atomic mass is 35.5. The van der Waals surface area contributed by atoms with Crippen LogP contribution in [0.2, 0.25) is 5.02 Å². The number of benzene rings is 2. The predicted molar refractivity (Wildman–Crippen MR) is 171 cm³/mol. The summed E-state index contributed by atoms with van der Waals surface area (Å²) in [5.74, 6) is 1.69. The maximum absolute atomic E-state index is 6.56. The van der Waals surface area contributed by atoms with Crippen LogP contribution in [0.1, 0.15) is 18.4 Å². The van der Waals surface area contributed by atoms with Crippen LogP contribution in [0.4, 0.5) is 28.8 Å². The third-order valence-electron chi connectivity index (χ3n) is 8.20. The van der Waals surface area contributed by atoms with Gasteiger partial charge in [0.2, 0.25) is 5.95 Å². The van der Waals surface area contributed by atoms with Gasteiger partial charge >= 0.3 is 0 Å². The lowest BCUT2D eigenvalue weighted by Gasteiger charge is -2.53. The molecule has 2 aliphatic rings. The van der Waals surface area contributed by atoms with E-state index in [4.69, 9.17) is 21.3 Å². The van der Waals surface area contributed by atoms with Gasteiger partial charge in [-0.25, -0.2) is 4.98 Å². The van der Waals surface area contributed by atoms with Crippen LogP contribution >= 0.6 is 19.5 Å². The van der Waals surface area contributed by atoms with Gasteiger partial charge in [-0.2, -0.15) is 4.98 Å². The number of hydrogen-bond acceptors (Lipinski definition) is 9. The molecule has 2 N–H and O–H groups in total. The normalized spacial score (nSPS) is 16.7. The molecule has 0 radical (unpaired) electrons. The van der Waals surface area contributed by atoms with Gasteiger partial charge in [0.05, 0.1) is 30.0 Å². The standard InChI is InChI=1S/C30H36ClN8OP/c1-19-14-23(25(40-3)15-24(19)39-12-8-30(9-13-39)17-38(2)18-30)36-29-34-16-20(31)28(37-29)35-22-7-6-21-26(27(22)41(4)5)33-11-10-32-21/h6-7,10-11,14-16H,8-9,12-13,17-18H2,1-5H3,(H2,34,35,36,37). The number of fused-ring (bicyclic) bond motifs is 1. The summed E-state index contributed by atoms with van der Waals surface area (Å²) in [6.07, 6.45) is 7.51. The number of aromatic nitrogens is 4. The van der Waals surface area contributed by atoms with E-state index in [2.05, 4.69) is 74.8 Å². The first-order valence-corrected chi connectivity index (χ1v) is 16.5. The highest BCUT2D eigenvalue weighted by molar-refractivity contribution is 7.65. The summed E-state index contributed by atoms with van der Waals surface area (Å²) in [7, 11) is 3.43. The van der Waals surface area contributed by atoms with Crippen molar-refractivity contribution in [2.45, 2.75) is 19.8 Å². The zero-order valence-electron chi connectivity index (χ0n) is 24.2. The van der Waals surface area contributed by atoms with Crippen LogP contribution < -0.4 is 25.6 Å². The Morgan fingerprint density at radius 3 is 2.46 bits per heavy atom. The molecule has 41 heavy (non-hydrogen) atoms. The lowest BCUT2D eigenvalue weighted by Crippen LogP contribution is -2.58. The first-order valence-electron chi connectivity index (χ1n) is 13.8. The van der Waals surface area contributed by atoms with E-state index < -0.39 is 7.92 Å². The van der Waals surface area contributed by atoms with Crippen LogP contribution in [0.25, 0.3) is 11.0 Å². The number of ether oxygens (including phenoxy) is 1. The second-order valence-electron chi connectivity index (χ2n) is 11.4. The molecule has 0 amide bonds. The Kier molecular flexibility index (Phi) is 7.62. The second kappa shape index (κ2) is 11.2. The number of rotatable bonds is 7. The molecular formula is C30H36ClN8OP. The van der Waals surface area contributed by atoms with E-state index >= 15 is 0 Å². The van der Waals surface area contributed by atoms with E-state index in [1.165, 1.54) is 37.2 Å². The molecule has 4 heterocycles. The second-order valence-corrected chi connectivity index (χ2v) is 14.1. The molecule has 11 heteroatoms. The Bertz CT molecular complexity index is 1580. The third-order valence-corrected chi connectivity index (χ3v) is 9.82. The van der Waals surface area contributed by atoms with Gasteiger partial charge in [0.25, 0.3) is 0 Å². The number of nitrogens with zero attached hydrogens (tertiary/aromatic N) is 6. The maximum Gasteiger partial charge on any atom is 0.229 e. The number of anilines is 5. The molecule has 0 unspecified atom stereocenters. The smallest absolute Gasteiger partial charge is 0.229 e. The molecule has 0 bridgehead atoms. The minimum Gasteiger partial charge on any atom is -0.494 e. The van der Waals surface area contributed by atoms with Crippen molar-refractivity contribution in [1.29, 1.82) is 0 Å². The van der Waals surface area contributed by atoms with Gasteiger partial charge in [0.1, 0.15) is 10.8 Å². The van der Waals surface area contributed by atoms with Crippen molar-refractivity contribution in [2.24, 2.45) is 5.41 Å². The molecule has 2 saturated heterocycles. The summed E-state index contributed by atoms with van der Waals surface area (Å²) in [4.78, 5) is 23.2. The largest absolute Gasteiger partial charge is 0.494 e. The van der Waals surface area contributed by atoms with Crippen LogP contribution in [0.15, 0.2) is 42.9 Å². The predicted octanol–water partition coefficient (Wildman–Crippen LogP) is 5.78. The van der Waals surface area contributed by atoms with Gasteiger partial charge in [-0.05, 0) is 69.3 Å². The van der Waals surface area contributed by atoms with E-state index in [-0.39, 0.29) is 0 Å². The molecule has 9 nitrogen and oxygen atoms in total. The summed E-state index contributed by atoms with van der Waals surface area (Å²) >= 11 is 6.56. The van der Waals surface area contributed by atoms with Gasteiger partial charge < -0.3 is 25.2 Å². The minimum absolute atomic E-state index is 0.425. The number of aryl methyl sites for hydroxylation is 1. The average molecular weight is 591 g/mol. The van der Waals surface area contributed by atoms with Crippen molar-refractivity contribution in [3.63, 3.8) is 0 Å². The molecule has 0 saturated carbocycles. The zero-order chi connectivity index (χ0) is 28.7. The maximum atomic E-state index is 6.56. The molecule has 214 valence electrons. The number of halogens is 1. The number of likely N-dealkylation sites (tertiary alicyclic amines) is 1. The van der Waals surface area contributed by atoms with Gasteiger partial charge in [-0.15, -0.1) is 0 Å². The van der Waals surface area contributed by atoms with Gasteiger partial charge in [0, 0.05) is 61.3 Å². The number of hydrogen-bond donors (Lipinski definition) is 2. The number of nitrogens with one attached hydrogen (secondary N) is 2. The highest BCUT2D eigenvalue weighted by Crippen LogP contribution is 2.43. The minimum atomic E-state index is -0.484. The van der Waals surface area contributed by atoms with E-state index in [1.54, 1.807) is 25.7 Å². The first-order chi connectivity index (χ1) is 19.7. The van der Waals surface area contributed by atoms with Crippen molar-refractivity contribution in [2.75, 3.05) is 69.2 Å². The molecule has 4 aromatic rings. The summed E-state index contributed by atoms with van der Waals surface area (Å²) in [5.41, 5.74) is 6.39. The highest BCUT2D eigenvalue weighted by Gasteiger charge is 2.43. The zero-order valence-corrected chi connectivity index (χ0v) is 25.9. The first kappa shape index (κ1) is 27.9. The summed E-state index contributed by atoms with van der Waals surface area (Å²) in [6.45, 7) is 11.1. The fourth-order valence-corrected chi connectivity index (χ4v) is 7.61. The van der Waals surface area contributed by atoms with Crippen molar-refractivity contribution >= 4 is 64.7 Å². The Morgan fingerprint density at radius 1 is 1.00 bits per heavy atom. The molecule has 6 rings (SSSR count). The van der Waals surface area contributed by atoms with Crippen LogP contribution in [-0.2, 0) is 0 Å². The summed E-state index contributed by atoms with van der Waals surface area (Å²) in [6, 6.07) is 8.22. The Hall–Kier alpha value is -3.26. The number of piperidine rings is 1. The van der Waals surface area contributed by atoms with Crippen LogP contribution in [0.5, 0.6) is 5.75 Å². The van der Waals surface area contributed by atoms with Crippen molar-refractivity contribution in [1.82, 2.24) is 24.8 Å². The van der Waals surface area contributed by atoms with Crippen LogP contribution in [0, 0.1) is 12.3 Å². The fraction of sp³-hybridized carbons (Fsp3) is 0.400. The molecular weight excluding hydrogens is 555 g/mol. The van der Waals surface area contributed by atoms with Gasteiger partial charge in [-0.3, -0.25) is 9.97 Å². The molecule has 0 atom stereocenters. The average Bonchev–Trinajstić information content (AvgIpc) is 2.94. The quantitative estimate of drug-likeness (QED) is 0.260.